The molecule has 0 spiro atoms. The summed E-state index contributed by atoms with van der Waals surface area (Å²) in [5.74, 6) is 0.626. The highest BCUT2D eigenvalue weighted by Crippen LogP contribution is 2.20. The fourth-order valence-electron chi connectivity index (χ4n) is 1.08. The Kier molecular flexibility index (Phi) is 1.43. The van der Waals surface area contributed by atoms with Gasteiger partial charge >= 0.3 is 6.09 Å². The number of fused-ring (bicyclic) bond motifs is 1. The molecule has 0 N–H and O–H groups in total. The van der Waals surface area contributed by atoms with E-state index in [1.807, 2.05) is 0 Å². The van der Waals surface area contributed by atoms with Crippen LogP contribution in [0.5, 0.6) is 0 Å². The van der Waals surface area contributed by atoms with Crippen LogP contribution in [0.1, 0.15) is 5.56 Å². The third kappa shape index (κ3) is 0.903. The topological polar surface area (TPSA) is 55.3 Å². The second-order valence-electron chi connectivity index (χ2n) is 2.49. The molecule has 0 fully saturated rings. The average Bonchev–Trinajstić information content (AvgIpc) is 2.12. The minimum absolute atomic E-state index is 0.263. The van der Waals surface area contributed by atoms with Crippen molar-refractivity contribution in [3.63, 3.8) is 0 Å². The van der Waals surface area contributed by atoms with Crippen LogP contribution in [0.25, 0.3) is 0 Å². The molecule has 1 aromatic heterocycles. The molecule has 1 aromatic rings. The van der Waals surface area contributed by atoms with Crippen LogP contribution in [0.15, 0.2) is 12.5 Å². The van der Waals surface area contributed by atoms with Gasteiger partial charge in [0.1, 0.15) is 18.8 Å². The molecule has 0 atom stereocenters. The number of carbonyl (C=O) groups excluding carboxylic acids is 1. The number of anilines is 1. The number of hydrogen-bond donors (Lipinski definition) is 0. The number of aromatic nitrogens is 2. The lowest BCUT2D eigenvalue weighted by Crippen LogP contribution is -2.32. The van der Waals surface area contributed by atoms with Crippen LogP contribution in [0, 0.1) is 0 Å². The number of amides is 1. The summed E-state index contributed by atoms with van der Waals surface area (Å²) in [6.07, 6.45) is 2.68. The van der Waals surface area contributed by atoms with E-state index in [2.05, 4.69) is 9.97 Å². The van der Waals surface area contributed by atoms with Gasteiger partial charge in [-0.1, -0.05) is 0 Å². The van der Waals surface area contributed by atoms with Gasteiger partial charge in [-0.2, -0.15) is 0 Å². The predicted octanol–water partition coefficient (Wildman–Crippen LogP) is 0.563. The molecule has 0 aromatic carbocycles. The number of cyclic esters (lactones) is 1. The Hall–Kier alpha value is -1.65. The lowest BCUT2D eigenvalue weighted by molar-refractivity contribution is 0.143. The lowest BCUT2D eigenvalue weighted by atomic mass is 10.3. The number of hydrogen-bond acceptors (Lipinski definition) is 4. The quantitative estimate of drug-likeness (QED) is 0.563. The zero-order valence-corrected chi connectivity index (χ0v) is 6.52. The van der Waals surface area contributed by atoms with Crippen LogP contribution in [0.4, 0.5) is 10.6 Å². The molecule has 0 saturated carbocycles. The van der Waals surface area contributed by atoms with Crippen molar-refractivity contribution in [1.29, 1.82) is 0 Å². The number of rotatable bonds is 0. The molecule has 0 saturated heterocycles. The summed E-state index contributed by atoms with van der Waals surface area (Å²) in [6.45, 7) is 0.263. The summed E-state index contributed by atoms with van der Waals surface area (Å²) in [6, 6.07) is 0. The molecular formula is C7H7N3O2. The lowest BCUT2D eigenvalue weighted by Gasteiger charge is -2.23. The highest BCUT2D eigenvalue weighted by Gasteiger charge is 2.22. The summed E-state index contributed by atoms with van der Waals surface area (Å²) in [5.41, 5.74) is 0.833. The van der Waals surface area contributed by atoms with E-state index in [0.29, 0.717) is 5.82 Å². The third-order valence-corrected chi connectivity index (χ3v) is 1.71. The molecule has 1 aliphatic heterocycles. The summed E-state index contributed by atoms with van der Waals surface area (Å²) in [5, 5.41) is 0. The number of nitrogens with zero attached hydrogens (tertiary/aromatic N) is 3. The van der Waals surface area contributed by atoms with E-state index in [4.69, 9.17) is 4.74 Å². The summed E-state index contributed by atoms with van der Waals surface area (Å²) >= 11 is 0. The van der Waals surface area contributed by atoms with E-state index in [-0.39, 0.29) is 12.7 Å². The maximum atomic E-state index is 11.0. The molecule has 0 unspecified atom stereocenters. The molecule has 5 heteroatoms. The summed E-state index contributed by atoms with van der Waals surface area (Å²) in [4.78, 5) is 20.2. The van der Waals surface area contributed by atoms with Crippen molar-refractivity contribution in [2.24, 2.45) is 0 Å². The van der Waals surface area contributed by atoms with Crippen molar-refractivity contribution < 1.29 is 9.53 Å². The Labute approximate surface area is 69.0 Å². The molecule has 62 valence electrons. The van der Waals surface area contributed by atoms with E-state index in [0.717, 1.165) is 5.56 Å². The van der Waals surface area contributed by atoms with Gasteiger partial charge < -0.3 is 4.74 Å². The molecule has 5 nitrogen and oxygen atoms in total. The van der Waals surface area contributed by atoms with Crippen molar-refractivity contribution in [3.05, 3.63) is 18.1 Å². The second-order valence-corrected chi connectivity index (χ2v) is 2.49. The number of ether oxygens (including phenoxy) is 1. The van der Waals surface area contributed by atoms with Crippen LogP contribution in [0.2, 0.25) is 0 Å². The minimum Gasteiger partial charge on any atom is -0.444 e. The standard InChI is InChI=1S/C7H7N3O2/c1-10-6-5(2-8-4-9-6)3-12-7(10)11/h2,4H,3H2,1H3. The van der Waals surface area contributed by atoms with Gasteiger partial charge in [-0.05, 0) is 0 Å². The smallest absolute Gasteiger partial charge is 0.415 e. The van der Waals surface area contributed by atoms with Gasteiger partial charge in [-0.3, -0.25) is 4.90 Å². The molecule has 0 aliphatic carbocycles. The Bertz CT molecular complexity index is 326. The first-order valence-corrected chi connectivity index (χ1v) is 3.48. The van der Waals surface area contributed by atoms with Crippen LogP contribution in [0.3, 0.4) is 0 Å². The van der Waals surface area contributed by atoms with Crippen LogP contribution in [-0.4, -0.2) is 23.1 Å². The van der Waals surface area contributed by atoms with Crippen molar-refractivity contribution in [2.45, 2.75) is 6.61 Å². The Morgan fingerprint density at radius 1 is 1.67 bits per heavy atom. The first-order chi connectivity index (χ1) is 5.79. The van der Waals surface area contributed by atoms with Gasteiger partial charge in [0.2, 0.25) is 0 Å². The van der Waals surface area contributed by atoms with Gasteiger partial charge in [-0.15, -0.1) is 0 Å². The molecule has 12 heavy (non-hydrogen) atoms. The fraction of sp³-hybridized carbons (Fsp3) is 0.286. The van der Waals surface area contributed by atoms with Crippen LogP contribution < -0.4 is 4.90 Å². The molecule has 1 amide bonds. The average molecular weight is 165 g/mol. The Morgan fingerprint density at radius 2 is 2.50 bits per heavy atom. The van der Waals surface area contributed by atoms with E-state index in [9.17, 15) is 4.79 Å². The second kappa shape index (κ2) is 2.44. The molecule has 2 rings (SSSR count). The normalized spacial score (nSPS) is 15.4. The van der Waals surface area contributed by atoms with E-state index in [1.165, 1.54) is 11.2 Å². The van der Waals surface area contributed by atoms with Gasteiger partial charge in [-0.25, -0.2) is 14.8 Å². The molecule has 0 radical (unpaired) electrons. The van der Waals surface area contributed by atoms with Gasteiger partial charge in [0, 0.05) is 13.2 Å². The van der Waals surface area contributed by atoms with Crippen molar-refractivity contribution in [3.8, 4) is 0 Å². The number of carbonyl (C=O) groups is 1. The van der Waals surface area contributed by atoms with Gasteiger partial charge in [0.15, 0.2) is 0 Å². The zero-order chi connectivity index (χ0) is 8.55. The predicted molar refractivity (Wildman–Crippen MR) is 40.6 cm³/mol. The Morgan fingerprint density at radius 3 is 3.33 bits per heavy atom. The van der Waals surface area contributed by atoms with E-state index < -0.39 is 0 Å². The van der Waals surface area contributed by atoms with E-state index >= 15 is 0 Å². The first kappa shape index (κ1) is 7.02. The molecule has 2 heterocycles. The highest BCUT2D eigenvalue weighted by molar-refractivity contribution is 5.88. The minimum atomic E-state index is -0.374. The van der Waals surface area contributed by atoms with Crippen LogP contribution >= 0.6 is 0 Å². The molecule has 0 bridgehead atoms. The van der Waals surface area contributed by atoms with Crippen molar-refractivity contribution in [2.75, 3.05) is 11.9 Å². The summed E-state index contributed by atoms with van der Waals surface area (Å²) < 4.78 is 4.82. The summed E-state index contributed by atoms with van der Waals surface area (Å²) in [7, 11) is 1.62. The highest BCUT2D eigenvalue weighted by atomic mass is 16.6. The zero-order valence-electron chi connectivity index (χ0n) is 6.52. The largest absolute Gasteiger partial charge is 0.444 e. The van der Waals surface area contributed by atoms with Crippen molar-refractivity contribution >= 4 is 11.9 Å². The first-order valence-electron chi connectivity index (χ1n) is 3.48. The maximum absolute atomic E-state index is 11.0. The third-order valence-electron chi connectivity index (χ3n) is 1.71. The Balaban J connectivity index is 2.48. The van der Waals surface area contributed by atoms with Gasteiger partial charge in [0.05, 0.1) is 5.56 Å². The van der Waals surface area contributed by atoms with Crippen LogP contribution in [-0.2, 0) is 11.3 Å². The SMILES string of the molecule is CN1C(=O)OCc2cncnc21. The maximum Gasteiger partial charge on any atom is 0.415 e. The van der Waals surface area contributed by atoms with Crippen molar-refractivity contribution in [1.82, 2.24) is 9.97 Å². The van der Waals surface area contributed by atoms with E-state index in [1.54, 1.807) is 13.2 Å². The molecule has 1 aliphatic rings. The monoisotopic (exact) mass is 165 g/mol. The fourth-order valence-corrected chi connectivity index (χ4v) is 1.08. The molecular weight excluding hydrogens is 158 g/mol. The van der Waals surface area contributed by atoms with Gasteiger partial charge in [0.25, 0.3) is 0 Å².